The Bertz CT molecular complexity index is 949. The molecular formula is C20H26ClN7O. The molecular weight excluding hydrogens is 390 g/mol. The lowest BCUT2D eigenvalue weighted by Gasteiger charge is -2.35. The van der Waals surface area contributed by atoms with Gasteiger partial charge in [-0.25, -0.2) is 5.84 Å². The minimum absolute atomic E-state index is 0.0809. The molecule has 5 N–H and O–H groups in total. The Morgan fingerprint density at radius 2 is 2.00 bits per heavy atom. The van der Waals surface area contributed by atoms with Gasteiger partial charge in [0.05, 0.1) is 11.1 Å². The third-order valence-electron chi connectivity index (χ3n) is 5.62. The first-order chi connectivity index (χ1) is 14.0. The molecule has 1 saturated carbocycles. The van der Waals surface area contributed by atoms with Gasteiger partial charge in [-0.15, -0.1) is 5.10 Å². The van der Waals surface area contributed by atoms with Crippen LogP contribution in [0.1, 0.15) is 47.5 Å². The smallest absolute Gasteiger partial charge is 0.253 e. The first-order valence-corrected chi connectivity index (χ1v) is 10.3. The molecule has 2 heterocycles. The molecule has 29 heavy (non-hydrogen) atoms. The molecule has 0 bridgehead atoms. The molecule has 4 rings (SSSR count). The number of likely N-dealkylation sites (tertiary alicyclic amines) is 1. The van der Waals surface area contributed by atoms with Crippen LogP contribution >= 0.6 is 11.6 Å². The zero-order valence-corrected chi connectivity index (χ0v) is 17.2. The maximum absolute atomic E-state index is 12.7. The van der Waals surface area contributed by atoms with Crippen molar-refractivity contribution in [2.24, 2.45) is 16.8 Å². The van der Waals surface area contributed by atoms with Gasteiger partial charge in [-0.1, -0.05) is 11.6 Å². The van der Waals surface area contributed by atoms with Crippen molar-refractivity contribution in [3.8, 4) is 0 Å². The second-order valence-corrected chi connectivity index (χ2v) is 8.25. The molecule has 1 aliphatic heterocycles. The van der Waals surface area contributed by atoms with Gasteiger partial charge in [0.25, 0.3) is 5.91 Å². The molecule has 0 radical (unpaired) electrons. The molecule has 2 fully saturated rings. The van der Waals surface area contributed by atoms with Crippen molar-refractivity contribution in [1.82, 2.24) is 20.2 Å². The minimum atomic E-state index is -0.121. The van der Waals surface area contributed by atoms with Crippen LogP contribution in [0.2, 0.25) is 5.02 Å². The number of benzene rings is 1. The van der Waals surface area contributed by atoms with E-state index in [1.165, 1.54) is 23.4 Å². The quantitative estimate of drug-likeness (QED) is 0.306. The van der Waals surface area contributed by atoms with Gasteiger partial charge in [-0.2, -0.15) is 0 Å². The predicted octanol–water partition coefficient (Wildman–Crippen LogP) is 2.00. The normalized spacial score (nSPS) is 18.2. The largest absolute Gasteiger partial charge is 0.349 e. The van der Waals surface area contributed by atoms with Gasteiger partial charge >= 0.3 is 0 Å². The number of amides is 1. The highest BCUT2D eigenvalue weighted by Gasteiger charge is 2.27. The lowest BCUT2D eigenvalue weighted by Crippen LogP contribution is -2.52. The Labute approximate surface area is 174 Å². The maximum Gasteiger partial charge on any atom is 0.253 e. The average molecular weight is 416 g/mol. The molecule has 1 saturated heterocycles. The number of carbonyl (C=O) groups is 1. The number of hydrazine groups is 1. The summed E-state index contributed by atoms with van der Waals surface area (Å²) in [6.45, 7) is 1.44. The molecule has 0 unspecified atom stereocenters. The fraction of sp³-hybridized carbons (Fsp3) is 0.450. The minimum Gasteiger partial charge on any atom is -0.349 e. The molecule has 8 nitrogen and oxygen atoms in total. The van der Waals surface area contributed by atoms with Crippen LogP contribution in [0.25, 0.3) is 10.9 Å². The summed E-state index contributed by atoms with van der Waals surface area (Å²) in [6, 6.07) is 5.91. The Morgan fingerprint density at radius 1 is 1.28 bits per heavy atom. The summed E-state index contributed by atoms with van der Waals surface area (Å²) < 4.78 is 0. The van der Waals surface area contributed by atoms with Crippen molar-refractivity contribution in [3.05, 3.63) is 40.5 Å². The van der Waals surface area contributed by atoms with Crippen LogP contribution in [0.4, 0.5) is 0 Å². The van der Waals surface area contributed by atoms with Crippen LogP contribution in [-0.2, 0) is 0 Å². The Balaban J connectivity index is 1.41. The van der Waals surface area contributed by atoms with Gasteiger partial charge in [0.1, 0.15) is 0 Å². The third kappa shape index (κ3) is 4.23. The first kappa shape index (κ1) is 19.7. The van der Waals surface area contributed by atoms with Crippen molar-refractivity contribution in [1.29, 1.82) is 0 Å². The van der Waals surface area contributed by atoms with E-state index < -0.39 is 0 Å². The zero-order valence-electron chi connectivity index (χ0n) is 16.4. The summed E-state index contributed by atoms with van der Waals surface area (Å²) in [5.41, 5.74) is 2.58. The number of carbonyl (C=O) groups excluding carboxylic acids is 1. The van der Waals surface area contributed by atoms with Crippen LogP contribution in [0, 0.1) is 0 Å². The zero-order chi connectivity index (χ0) is 20.5. The highest BCUT2D eigenvalue weighted by Crippen LogP contribution is 2.44. The molecule has 9 heteroatoms. The van der Waals surface area contributed by atoms with E-state index in [4.69, 9.17) is 23.3 Å². The average Bonchev–Trinajstić information content (AvgIpc) is 3.53. The van der Waals surface area contributed by atoms with Gasteiger partial charge in [0, 0.05) is 42.8 Å². The highest BCUT2D eigenvalue weighted by atomic mass is 35.5. The van der Waals surface area contributed by atoms with E-state index in [9.17, 15) is 4.79 Å². The number of pyridine rings is 1. The van der Waals surface area contributed by atoms with Crippen LogP contribution in [0.5, 0.6) is 0 Å². The van der Waals surface area contributed by atoms with Gasteiger partial charge in [-0.05, 0) is 55.4 Å². The van der Waals surface area contributed by atoms with Crippen molar-refractivity contribution < 1.29 is 4.79 Å². The number of rotatable bonds is 3. The molecule has 154 valence electrons. The van der Waals surface area contributed by atoms with Crippen LogP contribution in [-0.4, -0.2) is 52.9 Å². The molecule has 1 aliphatic carbocycles. The summed E-state index contributed by atoms with van der Waals surface area (Å²) in [5, 5.41) is 9.89. The van der Waals surface area contributed by atoms with Crippen molar-refractivity contribution in [2.45, 2.75) is 37.6 Å². The molecule has 1 aromatic carbocycles. The fourth-order valence-corrected chi connectivity index (χ4v) is 4.21. The number of halogens is 1. The van der Waals surface area contributed by atoms with E-state index >= 15 is 0 Å². The number of aromatic nitrogens is 1. The summed E-state index contributed by atoms with van der Waals surface area (Å²) >= 11 is 6.44. The monoisotopic (exact) mass is 415 g/mol. The number of nitrogens with one attached hydrogen (secondary N) is 1. The summed E-state index contributed by atoms with van der Waals surface area (Å²) in [4.78, 5) is 19.2. The lowest BCUT2D eigenvalue weighted by molar-refractivity contribution is 0.0920. The topological polar surface area (TPSA) is 113 Å². The Kier molecular flexibility index (Phi) is 5.47. The predicted molar refractivity (Wildman–Crippen MR) is 114 cm³/mol. The molecule has 2 aromatic rings. The molecule has 0 spiro atoms. The van der Waals surface area contributed by atoms with E-state index in [1.54, 1.807) is 13.2 Å². The number of hydrogen-bond acceptors (Lipinski definition) is 5. The molecule has 1 aromatic heterocycles. The number of fused-ring (bicyclic) bond motifs is 1. The SMILES string of the molecule is CN(N)/C(=N\N)N1CCC(NC(=O)c2cnc3cc(C4CC4)c(Cl)cc3c2)CC1. The number of nitrogens with zero attached hydrogens (tertiary/aromatic N) is 4. The molecule has 1 amide bonds. The van der Waals surface area contributed by atoms with Crippen LogP contribution < -0.4 is 17.0 Å². The third-order valence-corrected chi connectivity index (χ3v) is 5.95. The summed E-state index contributed by atoms with van der Waals surface area (Å²) in [5.74, 6) is 12.1. The van der Waals surface area contributed by atoms with Gasteiger partial charge < -0.3 is 16.1 Å². The van der Waals surface area contributed by atoms with E-state index in [2.05, 4.69) is 21.5 Å². The Hall–Kier alpha value is -2.58. The highest BCUT2D eigenvalue weighted by molar-refractivity contribution is 6.32. The van der Waals surface area contributed by atoms with Crippen molar-refractivity contribution in [3.63, 3.8) is 0 Å². The van der Waals surface area contributed by atoms with Gasteiger partial charge in [-0.3, -0.25) is 14.8 Å². The van der Waals surface area contributed by atoms with E-state index in [0.717, 1.165) is 41.9 Å². The van der Waals surface area contributed by atoms with Crippen molar-refractivity contribution >= 4 is 34.4 Å². The lowest BCUT2D eigenvalue weighted by atomic mass is 10.0. The number of guanidine groups is 1. The fourth-order valence-electron chi connectivity index (χ4n) is 3.88. The van der Waals surface area contributed by atoms with Gasteiger partial charge in [0.2, 0.25) is 5.96 Å². The molecule has 2 aliphatic rings. The Morgan fingerprint density at radius 3 is 2.62 bits per heavy atom. The second kappa shape index (κ2) is 8.04. The summed E-state index contributed by atoms with van der Waals surface area (Å²) in [6.07, 6.45) is 5.59. The summed E-state index contributed by atoms with van der Waals surface area (Å²) in [7, 11) is 1.70. The van der Waals surface area contributed by atoms with E-state index in [0.29, 0.717) is 17.4 Å². The van der Waals surface area contributed by atoms with E-state index in [1.807, 2.05) is 17.0 Å². The van der Waals surface area contributed by atoms with Crippen LogP contribution in [0.3, 0.4) is 0 Å². The number of piperidine rings is 1. The maximum atomic E-state index is 12.7. The number of hydrogen-bond donors (Lipinski definition) is 3. The van der Waals surface area contributed by atoms with Crippen molar-refractivity contribution in [2.75, 3.05) is 20.1 Å². The second-order valence-electron chi connectivity index (χ2n) is 7.84. The number of nitrogens with two attached hydrogens (primary N) is 2. The molecule has 0 atom stereocenters. The van der Waals surface area contributed by atoms with Crippen LogP contribution in [0.15, 0.2) is 29.5 Å². The van der Waals surface area contributed by atoms with Gasteiger partial charge in [0.15, 0.2) is 0 Å². The standard InChI is InChI=1S/C20H26ClN7O/c1-27(23)20(26-22)28-6-4-15(5-7-28)25-19(29)14-8-13-9-17(21)16(12-2-3-12)10-18(13)24-11-14/h8-12,15H,2-7,22-23H2,1H3,(H,25,29)/b26-20+. The first-order valence-electron chi connectivity index (χ1n) is 9.87. The van der Waals surface area contributed by atoms with E-state index in [-0.39, 0.29) is 11.9 Å². The number of hydrazone groups is 1.